The summed E-state index contributed by atoms with van der Waals surface area (Å²) in [5.41, 5.74) is 2.70. The van der Waals surface area contributed by atoms with Crippen molar-refractivity contribution < 1.29 is 18.3 Å². The molecule has 0 unspecified atom stereocenters. The van der Waals surface area contributed by atoms with Crippen LogP contribution in [0.3, 0.4) is 0 Å². The molecule has 0 spiro atoms. The predicted octanol–water partition coefficient (Wildman–Crippen LogP) is 5.44. The first-order valence-electron chi connectivity index (χ1n) is 10.6. The maximum atomic E-state index is 13.6. The molecule has 0 radical (unpaired) electrons. The van der Waals surface area contributed by atoms with E-state index in [-0.39, 0.29) is 17.9 Å². The third-order valence-electron chi connectivity index (χ3n) is 5.69. The number of nitrogens with one attached hydrogen (secondary N) is 1. The van der Waals surface area contributed by atoms with Gasteiger partial charge in [-0.25, -0.2) is 9.18 Å². The van der Waals surface area contributed by atoms with Crippen LogP contribution >= 0.6 is 12.2 Å². The van der Waals surface area contributed by atoms with Crippen LogP contribution in [0.15, 0.2) is 89.5 Å². The largest absolute Gasteiger partial charge is 0.465 e. The second-order valence-corrected chi connectivity index (χ2v) is 8.13. The highest BCUT2D eigenvalue weighted by molar-refractivity contribution is 7.80. The monoisotopic (exact) mass is 473 g/mol. The molecular formula is C26H20FN3O3S. The van der Waals surface area contributed by atoms with Crippen molar-refractivity contribution in [2.24, 2.45) is 0 Å². The maximum Gasteiger partial charge on any atom is 0.337 e. The minimum Gasteiger partial charge on any atom is -0.465 e. The zero-order valence-electron chi connectivity index (χ0n) is 18.1. The quantitative estimate of drug-likeness (QED) is 0.306. The van der Waals surface area contributed by atoms with Gasteiger partial charge in [-0.2, -0.15) is 0 Å². The summed E-state index contributed by atoms with van der Waals surface area (Å²) in [7, 11) is 1.35. The SMILES string of the molecule is COC(=O)c1cccc(-c2ccc([C@@H]3[C@@H](c4ccccn4)NC(=S)N3c3ccc(F)cc3)o2)c1. The van der Waals surface area contributed by atoms with Gasteiger partial charge in [-0.1, -0.05) is 18.2 Å². The Labute approximate surface area is 201 Å². The molecule has 2 aromatic heterocycles. The highest BCUT2D eigenvalue weighted by Gasteiger charge is 2.42. The fourth-order valence-corrected chi connectivity index (χ4v) is 4.45. The summed E-state index contributed by atoms with van der Waals surface area (Å²) in [5, 5.41) is 3.83. The van der Waals surface area contributed by atoms with Crippen molar-refractivity contribution in [1.82, 2.24) is 10.3 Å². The number of pyridine rings is 1. The van der Waals surface area contributed by atoms with E-state index in [1.807, 2.05) is 41.3 Å². The Morgan fingerprint density at radius 3 is 2.65 bits per heavy atom. The van der Waals surface area contributed by atoms with Gasteiger partial charge in [0.15, 0.2) is 5.11 Å². The highest BCUT2D eigenvalue weighted by atomic mass is 32.1. The number of rotatable bonds is 5. The lowest BCUT2D eigenvalue weighted by Crippen LogP contribution is -2.29. The van der Waals surface area contributed by atoms with Crippen LogP contribution in [0.4, 0.5) is 10.1 Å². The van der Waals surface area contributed by atoms with Gasteiger partial charge in [-0.15, -0.1) is 0 Å². The Morgan fingerprint density at radius 1 is 1.09 bits per heavy atom. The molecule has 3 heterocycles. The molecular weight excluding hydrogens is 453 g/mol. The number of carbonyl (C=O) groups excluding carboxylic acids is 1. The van der Waals surface area contributed by atoms with Gasteiger partial charge in [0.1, 0.15) is 23.4 Å². The Balaban J connectivity index is 1.57. The standard InChI is InChI=1S/C26H20FN3O3S/c1-32-25(31)17-6-4-5-16(15-17)21-12-13-22(33-21)24-23(20-7-2-3-14-28-20)29-26(34)30(24)19-10-8-18(27)9-11-19/h2-15,23-24H,1H3,(H,29,34)/t23-,24-/m1/s1. The molecule has 1 aliphatic heterocycles. The number of nitrogens with zero attached hydrogens (tertiary/aromatic N) is 2. The molecule has 0 amide bonds. The average Bonchev–Trinajstić information content (AvgIpc) is 3.49. The molecule has 1 fully saturated rings. The molecule has 5 rings (SSSR count). The zero-order valence-corrected chi connectivity index (χ0v) is 19.0. The molecule has 6 nitrogen and oxygen atoms in total. The van der Waals surface area contributed by atoms with Crippen molar-refractivity contribution in [3.8, 4) is 11.3 Å². The number of ether oxygens (including phenoxy) is 1. The summed E-state index contributed by atoms with van der Waals surface area (Å²) < 4.78 is 24.7. The number of hydrogen-bond acceptors (Lipinski definition) is 5. The van der Waals surface area contributed by atoms with Crippen LogP contribution in [-0.4, -0.2) is 23.2 Å². The summed E-state index contributed by atoms with van der Waals surface area (Å²) >= 11 is 5.67. The van der Waals surface area contributed by atoms with Gasteiger partial charge < -0.3 is 19.4 Å². The van der Waals surface area contributed by atoms with Gasteiger partial charge in [0.05, 0.1) is 24.4 Å². The Morgan fingerprint density at radius 2 is 1.91 bits per heavy atom. The van der Waals surface area contributed by atoms with Crippen molar-refractivity contribution in [3.63, 3.8) is 0 Å². The Hall–Kier alpha value is -4.04. The molecule has 170 valence electrons. The van der Waals surface area contributed by atoms with E-state index < -0.39 is 5.97 Å². The number of esters is 1. The van der Waals surface area contributed by atoms with E-state index in [0.29, 0.717) is 22.2 Å². The van der Waals surface area contributed by atoms with E-state index in [0.717, 1.165) is 16.9 Å². The van der Waals surface area contributed by atoms with Crippen LogP contribution in [0.2, 0.25) is 0 Å². The molecule has 4 aromatic rings. The first-order chi connectivity index (χ1) is 16.5. The van der Waals surface area contributed by atoms with Gasteiger partial charge in [-0.3, -0.25) is 4.98 Å². The first-order valence-corrected chi connectivity index (χ1v) is 11.0. The van der Waals surface area contributed by atoms with Crippen molar-refractivity contribution in [2.45, 2.75) is 12.1 Å². The first kappa shape index (κ1) is 21.8. The van der Waals surface area contributed by atoms with E-state index in [2.05, 4.69) is 10.3 Å². The van der Waals surface area contributed by atoms with Gasteiger partial charge in [0.25, 0.3) is 0 Å². The van der Waals surface area contributed by atoms with Crippen molar-refractivity contribution in [1.29, 1.82) is 0 Å². The van der Waals surface area contributed by atoms with E-state index >= 15 is 0 Å². The lowest BCUT2D eigenvalue weighted by atomic mass is 10.0. The topological polar surface area (TPSA) is 67.6 Å². The summed E-state index contributed by atoms with van der Waals surface area (Å²) in [6.07, 6.45) is 1.73. The minimum atomic E-state index is -0.420. The lowest BCUT2D eigenvalue weighted by molar-refractivity contribution is 0.0601. The lowest BCUT2D eigenvalue weighted by Gasteiger charge is -2.26. The van der Waals surface area contributed by atoms with E-state index in [4.69, 9.17) is 21.4 Å². The van der Waals surface area contributed by atoms with E-state index in [1.54, 1.807) is 36.5 Å². The van der Waals surface area contributed by atoms with Crippen LogP contribution in [0.5, 0.6) is 0 Å². The number of thiocarbonyl (C=S) groups is 1. The predicted molar refractivity (Wildman–Crippen MR) is 130 cm³/mol. The summed E-state index contributed by atoms with van der Waals surface area (Å²) in [4.78, 5) is 18.4. The molecule has 2 atom stereocenters. The smallest absolute Gasteiger partial charge is 0.337 e. The van der Waals surface area contributed by atoms with Gasteiger partial charge >= 0.3 is 5.97 Å². The van der Waals surface area contributed by atoms with E-state index in [1.165, 1.54) is 19.2 Å². The van der Waals surface area contributed by atoms with Crippen LogP contribution < -0.4 is 10.2 Å². The second kappa shape index (κ2) is 9.07. The normalized spacial score (nSPS) is 17.5. The Kier molecular flexibility index (Phi) is 5.81. The van der Waals surface area contributed by atoms with Crippen molar-refractivity contribution in [2.75, 3.05) is 12.0 Å². The molecule has 0 saturated carbocycles. The summed E-state index contributed by atoms with van der Waals surface area (Å²) in [6.45, 7) is 0. The maximum absolute atomic E-state index is 13.6. The Bertz CT molecular complexity index is 1340. The molecule has 1 N–H and O–H groups in total. The van der Waals surface area contributed by atoms with Crippen molar-refractivity contribution >= 4 is 29.0 Å². The molecule has 34 heavy (non-hydrogen) atoms. The fourth-order valence-electron chi connectivity index (χ4n) is 4.11. The highest BCUT2D eigenvalue weighted by Crippen LogP contribution is 2.42. The van der Waals surface area contributed by atoms with Crippen LogP contribution in [0.25, 0.3) is 11.3 Å². The molecule has 0 aliphatic carbocycles. The second-order valence-electron chi connectivity index (χ2n) is 7.75. The summed E-state index contributed by atoms with van der Waals surface area (Å²) in [6, 6.07) is 22.0. The molecule has 0 bridgehead atoms. The van der Waals surface area contributed by atoms with Crippen LogP contribution in [0, 0.1) is 5.82 Å². The number of hydrogen-bond donors (Lipinski definition) is 1. The molecule has 1 aliphatic rings. The third-order valence-corrected chi connectivity index (χ3v) is 6.00. The number of anilines is 1. The number of halogens is 1. The number of furan rings is 1. The molecule has 8 heteroatoms. The van der Waals surface area contributed by atoms with Gasteiger partial charge in [0, 0.05) is 17.4 Å². The minimum absolute atomic E-state index is 0.292. The van der Waals surface area contributed by atoms with Gasteiger partial charge in [0.2, 0.25) is 0 Å². The molecule has 1 saturated heterocycles. The van der Waals surface area contributed by atoms with Crippen LogP contribution in [0.1, 0.15) is 33.9 Å². The fraction of sp³-hybridized carbons (Fsp3) is 0.115. The number of methoxy groups -OCH3 is 1. The molecule has 2 aromatic carbocycles. The number of benzene rings is 2. The van der Waals surface area contributed by atoms with Crippen molar-refractivity contribution in [3.05, 3.63) is 108 Å². The van der Waals surface area contributed by atoms with Crippen LogP contribution in [-0.2, 0) is 4.74 Å². The zero-order chi connectivity index (χ0) is 23.7. The average molecular weight is 474 g/mol. The third kappa shape index (κ3) is 4.04. The summed E-state index contributed by atoms with van der Waals surface area (Å²) in [5.74, 6) is 0.491. The van der Waals surface area contributed by atoms with E-state index in [9.17, 15) is 9.18 Å². The number of aromatic nitrogens is 1. The van der Waals surface area contributed by atoms with Gasteiger partial charge in [-0.05, 0) is 72.9 Å². The number of carbonyl (C=O) groups is 1.